The number of nitrogens with zero attached hydrogens (tertiary/aromatic N) is 2. The standard InChI is InChI=1S/C20H20N2O10/c23-9-16-18-17(31-20(30-16)12-4-2-6-14(8-12)22(27)28)15(24)10-29-19(32-18)11-3-1-5-13(7-11)21(25)26/h1-8,15-20,23-24H,9-10H2/t15-,16+,17-,18-,19?,20?/m1/s1. The first-order valence-electron chi connectivity index (χ1n) is 9.73. The zero-order valence-electron chi connectivity index (χ0n) is 16.6. The van der Waals surface area contributed by atoms with E-state index >= 15 is 0 Å². The Bertz CT molecular complexity index is 946. The maximum atomic E-state index is 11.1. The van der Waals surface area contributed by atoms with Crippen molar-refractivity contribution in [2.45, 2.75) is 37.0 Å². The Morgan fingerprint density at radius 1 is 0.875 bits per heavy atom. The fourth-order valence-electron chi connectivity index (χ4n) is 3.69. The predicted molar refractivity (Wildman–Crippen MR) is 105 cm³/mol. The SMILES string of the molecule is O=[N+]([O-])c1cccc(C2OC[C@@H](O)[C@H]3OC(c4cccc([N+](=O)[O-])c4)O[C@@H](CO)[C@H]3O2)c1. The Labute approximate surface area is 181 Å². The summed E-state index contributed by atoms with van der Waals surface area (Å²) in [6.07, 6.45) is -6.28. The van der Waals surface area contributed by atoms with E-state index in [1.165, 1.54) is 36.4 Å². The lowest BCUT2D eigenvalue weighted by Crippen LogP contribution is -2.54. The van der Waals surface area contributed by atoms with Gasteiger partial charge in [0.15, 0.2) is 12.6 Å². The molecule has 2 aromatic carbocycles. The van der Waals surface area contributed by atoms with Gasteiger partial charge in [-0.15, -0.1) is 0 Å². The second-order valence-corrected chi connectivity index (χ2v) is 7.33. The van der Waals surface area contributed by atoms with Crippen LogP contribution in [0, 0.1) is 20.2 Å². The first-order chi connectivity index (χ1) is 15.4. The Kier molecular flexibility index (Phi) is 6.41. The van der Waals surface area contributed by atoms with Crippen molar-refractivity contribution < 1.29 is 39.0 Å². The highest BCUT2D eigenvalue weighted by atomic mass is 16.8. The van der Waals surface area contributed by atoms with E-state index in [0.29, 0.717) is 11.1 Å². The molecule has 2 N–H and O–H groups in total. The van der Waals surface area contributed by atoms with E-state index in [1.54, 1.807) is 12.1 Å². The predicted octanol–water partition coefficient (Wildman–Crippen LogP) is 1.75. The summed E-state index contributed by atoms with van der Waals surface area (Å²) in [6.45, 7) is -0.710. The van der Waals surface area contributed by atoms with Crippen molar-refractivity contribution in [3.8, 4) is 0 Å². The molecule has 12 nitrogen and oxygen atoms in total. The van der Waals surface area contributed by atoms with Crippen molar-refractivity contribution in [3.63, 3.8) is 0 Å². The largest absolute Gasteiger partial charge is 0.394 e. The molecule has 0 spiro atoms. The molecule has 12 heteroatoms. The van der Waals surface area contributed by atoms with Crippen LogP contribution >= 0.6 is 0 Å². The Hall–Kier alpha value is -3.00. The highest BCUT2D eigenvalue weighted by Crippen LogP contribution is 2.38. The molecule has 2 heterocycles. The highest BCUT2D eigenvalue weighted by Gasteiger charge is 2.47. The van der Waals surface area contributed by atoms with Gasteiger partial charge in [-0.1, -0.05) is 24.3 Å². The van der Waals surface area contributed by atoms with Crippen LogP contribution < -0.4 is 0 Å². The summed E-state index contributed by atoms with van der Waals surface area (Å²) in [7, 11) is 0. The highest BCUT2D eigenvalue weighted by molar-refractivity contribution is 5.36. The van der Waals surface area contributed by atoms with Gasteiger partial charge in [0, 0.05) is 35.4 Å². The van der Waals surface area contributed by atoms with Crippen molar-refractivity contribution in [2.75, 3.05) is 13.2 Å². The number of hydrogen-bond donors (Lipinski definition) is 2. The number of hydrogen-bond acceptors (Lipinski definition) is 10. The van der Waals surface area contributed by atoms with E-state index in [-0.39, 0.29) is 18.0 Å². The molecule has 0 radical (unpaired) electrons. The molecular formula is C20H20N2O10. The fraction of sp³-hybridized carbons (Fsp3) is 0.400. The van der Waals surface area contributed by atoms with Gasteiger partial charge in [0.25, 0.3) is 11.4 Å². The molecule has 2 saturated heterocycles. The molecule has 4 rings (SSSR count). The average molecular weight is 448 g/mol. The van der Waals surface area contributed by atoms with Crippen LogP contribution in [-0.2, 0) is 18.9 Å². The normalized spacial score (nSPS) is 30.2. The topological polar surface area (TPSA) is 164 Å². The summed E-state index contributed by atoms with van der Waals surface area (Å²) in [5.41, 5.74) is 0.369. The number of rotatable bonds is 5. The van der Waals surface area contributed by atoms with Gasteiger partial charge in [-0.25, -0.2) is 0 Å². The van der Waals surface area contributed by atoms with Crippen LogP contribution in [0.15, 0.2) is 48.5 Å². The van der Waals surface area contributed by atoms with Crippen molar-refractivity contribution in [2.24, 2.45) is 0 Å². The molecule has 32 heavy (non-hydrogen) atoms. The summed E-state index contributed by atoms with van der Waals surface area (Å²) >= 11 is 0. The average Bonchev–Trinajstić information content (AvgIpc) is 2.97. The minimum atomic E-state index is -1.18. The van der Waals surface area contributed by atoms with E-state index in [9.17, 15) is 30.4 Å². The first-order valence-corrected chi connectivity index (χ1v) is 9.73. The number of ether oxygens (including phenoxy) is 4. The van der Waals surface area contributed by atoms with Crippen LogP contribution in [0.3, 0.4) is 0 Å². The minimum Gasteiger partial charge on any atom is -0.394 e. The van der Waals surface area contributed by atoms with Gasteiger partial charge in [0.05, 0.1) is 23.1 Å². The Morgan fingerprint density at radius 2 is 1.44 bits per heavy atom. The van der Waals surface area contributed by atoms with Crippen LogP contribution in [0.25, 0.3) is 0 Å². The van der Waals surface area contributed by atoms with Gasteiger partial charge in [-0.05, 0) is 0 Å². The van der Waals surface area contributed by atoms with E-state index in [2.05, 4.69) is 0 Å². The molecule has 0 amide bonds. The maximum absolute atomic E-state index is 11.1. The summed E-state index contributed by atoms with van der Waals surface area (Å²) in [4.78, 5) is 21.1. The maximum Gasteiger partial charge on any atom is 0.269 e. The van der Waals surface area contributed by atoms with Crippen LogP contribution in [0.4, 0.5) is 11.4 Å². The number of aliphatic hydroxyl groups is 2. The lowest BCUT2D eigenvalue weighted by molar-refractivity contribution is -0.385. The van der Waals surface area contributed by atoms with Crippen LogP contribution in [-0.4, -0.2) is 57.7 Å². The van der Waals surface area contributed by atoms with E-state index in [0.717, 1.165) is 0 Å². The van der Waals surface area contributed by atoms with Gasteiger partial charge < -0.3 is 29.2 Å². The molecule has 0 aliphatic carbocycles. The number of fused-ring (bicyclic) bond motifs is 1. The molecule has 2 unspecified atom stereocenters. The lowest BCUT2D eigenvalue weighted by atomic mass is 10.0. The third kappa shape index (κ3) is 4.46. The third-order valence-corrected chi connectivity index (χ3v) is 5.23. The molecule has 2 fully saturated rings. The summed E-state index contributed by atoms with van der Waals surface area (Å²) in [5.74, 6) is 0. The molecule has 6 atom stereocenters. The number of nitro benzene ring substituents is 2. The molecular weight excluding hydrogens is 428 g/mol. The van der Waals surface area contributed by atoms with Crippen LogP contribution in [0.5, 0.6) is 0 Å². The molecule has 0 saturated carbocycles. The number of benzene rings is 2. The molecule has 2 aliphatic rings. The molecule has 2 aliphatic heterocycles. The van der Waals surface area contributed by atoms with Gasteiger partial charge >= 0.3 is 0 Å². The lowest BCUT2D eigenvalue weighted by Gasteiger charge is -2.41. The molecule has 0 bridgehead atoms. The second kappa shape index (κ2) is 9.24. The zero-order valence-corrected chi connectivity index (χ0v) is 16.6. The van der Waals surface area contributed by atoms with Gasteiger partial charge in [0.2, 0.25) is 0 Å². The molecule has 170 valence electrons. The van der Waals surface area contributed by atoms with E-state index in [1.807, 2.05) is 0 Å². The van der Waals surface area contributed by atoms with Crippen molar-refractivity contribution >= 4 is 11.4 Å². The molecule has 0 aromatic heterocycles. The Balaban J connectivity index is 1.60. The molecule has 2 aromatic rings. The number of nitro groups is 2. The van der Waals surface area contributed by atoms with E-state index < -0.39 is 53.4 Å². The van der Waals surface area contributed by atoms with Crippen LogP contribution in [0.2, 0.25) is 0 Å². The quantitative estimate of drug-likeness (QED) is 0.509. The smallest absolute Gasteiger partial charge is 0.269 e. The zero-order chi connectivity index (χ0) is 22.8. The minimum absolute atomic E-state index is 0.156. The number of aliphatic hydroxyl groups excluding tert-OH is 2. The van der Waals surface area contributed by atoms with Crippen molar-refractivity contribution in [3.05, 3.63) is 79.9 Å². The summed E-state index contributed by atoms with van der Waals surface area (Å²) in [6, 6.07) is 11.3. The monoisotopic (exact) mass is 448 g/mol. The number of non-ortho nitro benzene ring substituents is 2. The van der Waals surface area contributed by atoms with Crippen molar-refractivity contribution in [1.82, 2.24) is 0 Å². The summed E-state index contributed by atoms with van der Waals surface area (Å²) in [5, 5.41) is 42.7. The van der Waals surface area contributed by atoms with Gasteiger partial charge in [0.1, 0.15) is 24.4 Å². The Morgan fingerprint density at radius 3 is 2.00 bits per heavy atom. The fourth-order valence-corrected chi connectivity index (χ4v) is 3.69. The van der Waals surface area contributed by atoms with Gasteiger partial charge in [-0.3, -0.25) is 20.2 Å². The first kappa shape index (κ1) is 22.2. The van der Waals surface area contributed by atoms with Crippen LogP contribution in [0.1, 0.15) is 23.7 Å². The summed E-state index contributed by atoms with van der Waals surface area (Å²) < 4.78 is 23.2. The van der Waals surface area contributed by atoms with E-state index in [4.69, 9.17) is 18.9 Å². The second-order valence-electron chi connectivity index (χ2n) is 7.33. The third-order valence-electron chi connectivity index (χ3n) is 5.23. The van der Waals surface area contributed by atoms with Crippen molar-refractivity contribution in [1.29, 1.82) is 0 Å². The van der Waals surface area contributed by atoms with Gasteiger partial charge in [-0.2, -0.15) is 0 Å².